The third-order valence-electron chi connectivity index (χ3n) is 1.47. The lowest BCUT2D eigenvalue weighted by atomic mass is 10.5. The highest BCUT2D eigenvalue weighted by atomic mass is 32.2. The van der Waals surface area contributed by atoms with E-state index < -0.39 is 0 Å². The molecule has 0 unspecified atom stereocenters. The van der Waals surface area contributed by atoms with Gasteiger partial charge in [0.1, 0.15) is 0 Å². The Hall–Kier alpha value is -0.790. The highest BCUT2D eigenvalue weighted by Gasteiger charge is 2.08. The number of aldehydes is 1. The Morgan fingerprint density at radius 3 is 2.80 bits per heavy atom. The van der Waals surface area contributed by atoms with Gasteiger partial charge in [-0.15, -0.1) is 10.2 Å². The number of hydrogen-bond acceptors (Lipinski definition) is 7. The van der Waals surface area contributed by atoms with E-state index in [0.29, 0.717) is 17.1 Å². The zero-order valence-corrected chi connectivity index (χ0v) is 10.1. The van der Waals surface area contributed by atoms with Gasteiger partial charge in [0.2, 0.25) is 0 Å². The topological polar surface area (TPSA) is 56.0 Å². The fourth-order valence-corrected chi connectivity index (χ4v) is 3.20. The molecule has 0 fully saturated rings. The van der Waals surface area contributed by atoms with Gasteiger partial charge in [0.25, 0.3) is 0 Å². The van der Waals surface area contributed by atoms with Crippen LogP contribution in [0.4, 0.5) is 0 Å². The molecule has 0 aromatic carbocycles. The van der Waals surface area contributed by atoms with Crippen molar-refractivity contribution in [3.8, 4) is 0 Å². The number of carbonyl (C=O) groups excluding carboxylic acids is 1. The van der Waals surface area contributed by atoms with Gasteiger partial charge >= 0.3 is 0 Å². The summed E-state index contributed by atoms with van der Waals surface area (Å²) in [5, 5.41) is 8.59. The Labute approximate surface area is 98.5 Å². The van der Waals surface area contributed by atoms with Crippen LogP contribution in [-0.4, -0.2) is 22.7 Å². The molecular weight excluding hydrogens is 252 g/mol. The monoisotopic (exact) mass is 258 g/mol. The highest BCUT2D eigenvalue weighted by molar-refractivity contribution is 8.02. The van der Waals surface area contributed by atoms with Gasteiger partial charge in [0.05, 0.1) is 0 Å². The van der Waals surface area contributed by atoms with E-state index in [9.17, 15) is 4.79 Å². The van der Waals surface area contributed by atoms with Crippen LogP contribution in [0.1, 0.15) is 10.6 Å². The average Bonchev–Trinajstić information content (AvgIpc) is 2.87. The van der Waals surface area contributed by atoms with Crippen molar-refractivity contribution in [3.63, 3.8) is 0 Å². The summed E-state index contributed by atoms with van der Waals surface area (Å²) in [5.41, 5.74) is 0. The van der Waals surface area contributed by atoms with Gasteiger partial charge in [-0.1, -0.05) is 23.1 Å². The number of furan rings is 1. The number of nitrogens with zero attached hydrogens (tertiary/aromatic N) is 2. The Kier molecular flexibility index (Phi) is 3.45. The maximum absolute atomic E-state index is 10.4. The molecule has 0 bridgehead atoms. The summed E-state index contributed by atoms with van der Waals surface area (Å²) in [4.78, 5) is 10.4. The Bertz CT molecular complexity index is 466. The Balaban J connectivity index is 2.10. The average molecular weight is 258 g/mol. The largest absolute Gasteiger partial charge is 0.447 e. The summed E-state index contributed by atoms with van der Waals surface area (Å²) in [6.45, 7) is 0. The van der Waals surface area contributed by atoms with Crippen LogP contribution in [0, 0.1) is 0 Å². The van der Waals surface area contributed by atoms with Crippen molar-refractivity contribution in [2.45, 2.75) is 13.8 Å². The summed E-state index contributed by atoms with van der Waals surface area (Å²) in [7, 11) is 0. The van der Waals surface area contributed by atoms with Crippen LogP contribution in [0.15, 0.2) is 30.3 Å². The molecule has 2 aromatic heterocycles. The summed E-state index contributed by atoms with van der Waals surface area (Å²) < 4.78 is 6.93. The second kappa shape index (κ2) is 4.82. The lowest BCUT2D eigenvalue weighted by molar-refractivity contribution is 0.109. The number of carbonyl (C=O) groups is 1. The smallest absolute Gasteiger partial charge is 0.185 e. The van der Waals surface area contributed by atoms with E-state index in [1.165, 1.54) is 23.1 Å². The van der Waals surface area contributed by atoms with Crippen LogP contribution in [-0.2, 0) is 0 Å². The minimum absolute atomic E-state index is 0.326. The third kappa shape index (κ3) is 2.61. The van der Waals surface area contributed by atoms with Crippen LogP contribution in [0.25, 0.3) is 0 Å². The Morgan fingerprint density at radius 1 is 1.40 bits per heavy atom. The van der Waals surface area contributed by atoms with E-state index in [2.05, 4.69) is 10.2 Å². The van der Waals surface area contributed by atoms with Crippen molar-refractivity contribution in [2.75, 3.05) is 6.26 Å². The summed E-state index contributed by atoms with van der Waals surface area (Å²) in [6, 6.07) is 3.38. The second-order valence-corrected chi connectivity index (χ2v) is 5.70. The lowest BCUT2D eigenvalue weighted by Gasteiger charge is -1.88. The van der Waals surface area contributed by atoms with Gasteiger partial charge in [-0.3, -0.25) is 4.79 Å². The first kappa shape index (κ1) is 10.7. The van der Waals surface area contributed by atoms with Crippen LogP contribution in [0.2, 0.25) is 0 Å². The van der Waals surface area contributed by atoms with E-state index in [1.807, 2.05) is 6.26 Å². The summed E-state index contributed by atoms with van der Waals surface area (Å²) in [6.07, 6.45) is 2.63. The maximum Gasteiger partial charge on any atom is 0.185 e. The summed E-state index contributed by atoms with van der Waals surface area (Å²) >= 11 is 4.42. The molecule has 2 aromatic rings. The van der Waals surface area contributed by atoms with Crippen molar-refractivity contribution in [2.24, 2.45) is 0 Å². The van der Waals surface area contributed by atoms with E-state index in [4.69, 9.17) is 4.42 Å². The van der Waals surface area contributed by atoms with Crippen LogP contribution < -0.4 is 0 Å². The zero-order chi connectivity index (χ0) is 10.7. The minimum atomic E-state index is 0.326. The van der Waals surface area contributed by atoms with E-state index in [1.54, 1.807) is 23.9 Å². The first-order valence-electron chi connectivity index (χ1n) is 3.92. The maximum atomic E-state index is 10.4. The van der Waals surface area contributed by atoms with E-state index in [-0.39, 0.29) is 0 Å². The number of rotatable bonds is 4. The molecule has 0 N–H and O–H groups in total. The first-order chi connectivity index (χ1) is 7.31. The van der Waals surface area contributed by atoms with Crippen molar-refractivity contribution >= 4 is 41.1 Å². The molecule has 78 valence electrons. The van der Waals surface area contributed by atoms with Crippen LogP contribution >= 0.6 is 34.9 Å². The van der Waals surface area contributed by atoms with Gasteiger partial charge in [-0.05, 0) is 30.2 Å². The predicted octanol–water partition coefficient (Wildman–Crippen LogP) is 2.82. The van der Waals surface area contributed by atoms with Crippen molar-refractivity contribution < 1.29 is 9.21 Å². The molecule has 0 spiro atoms. The fraction of sp³-hybridized carbons (Fsp3) is 0.125. The quantitative estimate of drug-likeness (QED) is 0.621. The molecule has 0 atom stereocenters. The van der Waals surface area contributed by atoms with Gasteiger partial charge in [0, 0.05) is 0 Å². The van der Waals surface area contributed by atoms with Gasteiger partial charge in [0.15, 0.2) is 25.8 Å². The zero-order valence-electron chi connectivity index (χ0n) is 7.67. The van der Waals surface area contributed by atoms with Crippen molar-refractivity contribution in [1.29, 1.82) is 0 Å². The molecule has 7 heteroatoms. The molecule has 15 heavy (non-hydrogen) atoms. The Morgan fingerprint density at radius 2 is 2.20 bits per heavy atom. The molecule has 2 rings (SSSR count). The molecule has 0 saturated heterocycles. The van der Waals surface area contributed by atoms with E-state index >= 15 is 0 Å². The summed E-state index contributed by atoms with van der Waals surface area (Å²) in [5.74, 6) is 0.326. The molecule has 0 radical (unpaired) electrons. The highest BCUT2D eigenvalue weighted by Crippen LogP contribution is 2.33. The molecule has 0 aliphatic rings. The third-order valence-corrected chi connectivity index (χ3v) is 4.34. The normalized spacial score (nSPS) is 10.5. The number of thioether (sulfide) groups is 1. The molecule has 0 aliphatic carbocycles. The standard InChI is InChI=1S/C8H6N2O2S3/c1-13-7-9-10-8(15-7)14-6-3-2-5(4-11)12-6/h2-4H,1H3. The number of aromatic nitrogens is 2. The molecule has 4 nitrogen and oxygen atoms in total. The lowest BCUT2D eigenvalue weighted by Crippen LogP contribution is -1.70. The SMILES string of the molecule is CSc1nnc(Sc2ccc(C=O)o2)s1. The van der Waals surface area contributed by atoms with Gasteiger partial charge in [-0.2, -0.15) is 0 Å². The van der Waals surface area contributed by atoms with E-state index in [0.717, 1.165) is 8.68 Å². The van der Waals surface area contributed by atoms with Crippen molar-refractivity contribution in [1.82, 2.24) is 10.2 Å². The van der Waals surface area contributed by atoms with Crippen LogP contribution in [0.5, 0.6) is 0 Å². The fourth-order valence-electron chi connectivity index (χ4n) is 0.860. The molecule has 0 amide bonds. The predicted molar refractivity (Wildman–Crippen MR) is 59.9 cm³/mol. The molecular formula is C8H6N2O2S3. The molecule has 0 saturated carbocycles. The van der Waals surface area contributed by atoms with Crippen LogP contribution in [0.3, 0.4) is 0 Å². The second-order valence-electron chi connectivity index (χ2n) is 2.41. The molecule has 2 heterocycles. The van der Waals surface area contributed by atoms with Gasteiger partial charge < -0.3 is 4.42 Å². The van der Waals surface area contributed by atoms with Gasteiger partial charge in [-0.25, -0.2) is 0 Å². The van der Waals surface area contributed by atoms with Crippen molar-refractivity contribution in [3.05, 3.63) is 17.9 Å². The minimum Gasteiger partial charge on any atom is -0.447 e. The number of hydrogen-bond donors (Lipinski definition) is 0. The first-order valence-corrected chi connectivity index (χ1v) is 6.78. The molecule has 0 aliphatic heterocycles.